The summed E-state index contributed by atoms with van der Waals surface area (Å²) in [6, 6.07) is 83.9. The zero-order valence-electron chi connectivity index (χ0n) is 46.5. The van der Waals surface area contributed by atoms with Crippen LogP contribution >= 0.6 is 0 Å². The fourth-order valence-corrected chi connectivity index (χ4v) is 14.3. The van der Waals surface area contributed by atoms with E-state index in [0.717, 1.165) is 90.5 Å². The molecule has 10 aromatic carbocycles. The van der Waals surface area contributed by atoms with E-state index in [1.807, 2.05) is 0 Å². The highest BCUT2D eigenvalue weighted by molar-refractivity contribution is 6.06. The van der Waals surface area contributed by atoms with Crippen molar-refractivity contribution in [2.45, 2.75) is 77.0 Å². The smallest absolute Gasteiger partial charge is 0.0999 e. The highest BCUT2D eigenvalue weighted by Gasteiger charge is 2.44. The zero-order chi connectivity index (χ0) is 55.0. The Kier molecular flexibility index (Phi) is 10.6. The van der Waals surface area contributed by atoms with Crippen molar-refractivity contribution in [3.8, 4) is 23.3 Å². The first kappa shape index (κ1) is 48.7. The van der Waals surface area contributed by atoms with Gasteiger partial charge in [-0.05, 0) is 117 Å². The van der Waals surface area contributed by atoms with Crippen molar-refractivity contribution in [3.63, 3.8) is 0 Å². The standard InChI is InChI=1S/C74H60N6/c1-71(2)51-25-9-17-33-59(51)77(60-34-18-10-26-52(60)71)49-41-47(45-75)69(67(43-49)79-63-37-21-13-29-55(63)73(5,6)56-30-14-22-38-64(56)79)70-48(46-76)42-50(78-61-35-19-11-27-53(61)72(3,4)54-28-12-20-36-62(54)78)44-68(70)80-65-39-23-15-31-57(65)74(7,8)58-32-16-24-40-66(58)80/h9-44H,1-8H3. The molecule has 4 heterocycles. The Labute approximate surface area is 470 Å². The van der Waals surface area contributed by atoms with E-state index in [1.165, 1.54) is 22.3 Å². The van der Waals surface area contributed by atoms with E-state index < -0.39 is 0 Å². The van der Waals surface area contributed by atoms with Gasteiger partial charge in [-0.15, -0.1) is 0 Å². The van der Waals surface area contributed by atoms with Gasteiger partial charge in [0.2, 0.25) is 0 Å². The van der Waals surface area contributed by atoms with E-state index in [2.05, 4.69) is 306 Å². The highest BCUT2D eigenvalue weighted by atomic mass is 15.2. The number of nitriles is 2. The minimum atomic E-state index is -0.371. The first-order valence-corrected chi connectivity index (χ1v) is 27.8. The number of hydrogen-bond acceptors (Lipinski definition) is 6. The SMILES string of the molecule is CC1(C)c2ccccc2N(c2cc(C#N)c(-c3c(C#N)cc(N4c5ccccc5C(C)(C)c5ccccc54)cc3N3c4ccccc4C(C)(C)c4ccccc43)c(N3c4ccccc4C(C)(C)c4ccccc43)c2)c2ccccc21. The minimum Gasteiger partial charge on any atom is -0.310 e. The maximum Gasteiger partial charge on any atom is 0.0999 e. The van der Waals surface area contributed by atoms with Gasteiger partial charge in [0.1, 0.15) is 0 Å². The maximum atomic E-state index is 12.3. The molecule has 0 bridgehead atoms. The average molecular weight is 1030 g/mol. The summed E-state index contributed by atoms with van der Waals surface area (Å²) in [6.45, 7) is 18.4. The molecule has 386 valence electrons. The van der Waals surface area contributed by atoms with Gasteiger partial charge in [-0.3, -0.25) is 0 Å². The third kappa shape index (κ3) is 6.75. The molecule has 4 aliphatic heterocycles. The van der Waals surface area contributed by atoms with E-state index in [0.29, 0.717) is 22.3 Å². The predicted molar refractivity (Wildman–Crippen MR) is 329 cm³/mol. The number of para-hydroxylation sites is 8. The van der Waals surface area contributed by atoms with Crippen molar-refractivity contribution >= 4 is 68.2 Å². The molecule has 0 aliphatic carbocycles. The quantitative estimate of drug-likeness (QED) is 0.171. The number of rotatable bonds is 5. The summed E-state index contributed by atoms with van der Waals surface area (Å²) in [6.07, 6.45) is 0. The average Bonchev–Trinajstić information content (AvgIpc) is 3.37. The summed E-state index contributed by atoms with van der Waals surface area (Å²) in [4.78, 5) is 9.44. The molecule has 0 unspecified atom stereocenters. The van der Waals surface area contributed by atoms with Crippen LogP contribution in [0, 0.1) is 22.7 Å². The molecule has 0 N–H and O–H groups in total. The van der Waals surface area contributed by atoms with E-state index in [1.54, 1.807) is 0 Å². The summed E-state index contributed by atoms with van der Waals surface area (Å²) in [5.74, 6) is 0. The molecule has 0 amide bonds. The molecule has 0 fully saturated rings. The van der Waals surface area contributed by atoms with Gasteiger partial charge in [-0.25, -0.2) is 0 Å². The number of nitrogens with zero attached hydrogens (tertiary/aromatic N) is 6. The van der Waals surface area contributed by atoms with Gasteiger partial charge in [0.15, 0.2) is 0 Å². The molecule has 0 aromatic heterocycles. The third-order valence-corrected chi connectivity index (χ3v) is 18.2. The second kappa shape index (κ2) is 17.4. The predicted octanol–water partition coefficient (Wildman–Crippen LogP) is 19.5. The van der Waals surface area contributed by atoms with Crippen LogP contribution in [0.1, 0.15) is 111 Å². The number of benzene rings is 10. The van der Waals surface area contributed by atoms with Crippen molar-refractivity contribution < 1.29 is 0 Å². The molecular weight excluding hydrogens is 973 g/mol. The molecule has 0 atom stereocenters. The van der Waals surface area contributed by atoms with Crippen LogP contribution in [-0.4, -0.2) is 0 Å². The molecular formula is C74H60N6. The topological polar surface area (TPSA) is 60.5 Å². The molecule has 10 aromatic rings. The van der Waals surface area contributed by atoms with Crippen molar-refractivity contribution in [1.29, 1.82) is 10.5 Å². The van der Waals surface area contributed by atoms with Crippen molar-refractivity contribution in [2.24, 2.45) is 0 Å². The van der Waals surface area contributed by atoms with Gasteiger partial charge in [0.25, 0.3) is 0 Å². The first-order chi connectivity index (χ1) is 38.7. The van der Waals surface area contributed by atoms with Crippen LogP contribution in [0.4, 0.5) is 68.2 Å². The van der Waals surface area contributed by atoms with Crippen LogP contribution in [0.25, 0.3) is 11.1 Å². The lowest BCUT2D eigenvalue weighted by Crippen LogP contribution is -2.32. The highest BCUT2D eigenvalue weighted by Crippen LogP contribution is 2.62. The van der Waals surface area contributed by atoms with Gasteiger partial charge in [0.05, 0.1) is 80.1 Å². The largest absolute Gasteiger partial charge is 0.310 e. The minimum absolute atomic E-state index is 0.306. The molecule has 80 heavy (non-hydrogen) atoms. The normalized spacial score (nSPS) is 16.0. The number of hydrogen-bond donors (Lipinski definition) is 0. The molecule has 0 saturated carbocycles. The Morgan fingerprint density at radius 2 is 0.438 bits per heavy atom. The van der Waals surface area contributed by atoms with E-state index >= 15 is 0 Å². The van der Waals surface area contributed by atoms with Gasteiger partial charge < -0.3 is 19.6 Å². The van der Waals surface area contributed by atoms with Crippen LogP contribution < -0.4 is 19.6 Å². The maximum absolute atomic E-state index is 12.3. The molecule has 14 rings (SSSR count). The number of anilines is 12. The first-order valence-electron chi connectivity index (χ1n) is 27.8. The Bertz CT molecular complexity index is 3860. The van der Waals surface area contributed by atoms with E-state index in [-0.39, 0.29) is 21.7 Å². The summed E-state index contributed by atoms with van der Waals surface area (Å²) < 4.78 is 0. The summed E-state index contributed by atoms with van der Waals surface area (Å²) >= 11 is 0. The monoisotopic (exact) mass is 1030 g/mol. The van der Waals surface area contributed by atoms with Crippen LogP contribution in [0.5, 0.6) is 0 Å². The molecule has 6 nitrogen and oxygen atoms in total. The molecule has 0 radical (unpaired) electrons. The van der Waals surface area contributed by atoms with Crippen molar-refractivity contribution in [3.05, 3.63) is 274 Å². The van der Waals surface area contributed by atoms with Gasteiger partial charge >= 0.3 is 0 Å². The van der Waals surface area contributed by atoms with Crippen LogP contribution in [-0.2, 0) is 21.7 Å². The fraction of sp³-hybridized carbons (Fsp3) is 0.162. The second-order valence-corrected chi connectivity index (χ2v) is 24.0. The van der Waals surface area contributed by atoms with Crippen LogP contribution in [0.3, 0.4) is 0 Å². The Morgan fingerprint density at radius 1 is 0.250 bits per heavy atom. The number of fused-ring (bicyclic) bond motifs is 8. The van der Waals surface area contributed by atoms with E-state index in [9.17, 15) is 10.5 Å². The van der Waals surface area contributed by atoms with Gasteiger partial charge in [0, 0.05) is 44.2 Å². The lowest BCUT2D eigenvalue weighted by molar-refractivity contribution is 0.631. The molecule has 6 heteroatoms. The van der Waals surface area contributed by atoms with E-state index in [4.69, 9.17) is 0 Å². The zero-order valence-corrected chi connectivity index (χ0v) is 46.5. The Hall–Kier alpha value is -9.62. The van der Waals surface area contributed by atoms with Crippen molar-refractivity contribution in [1.82, 2.24) is 0 Å². The summed E-state index contributed by atoms with van der Waals surface area (Å²) in [7, 11) is 0. The Balaban J connectivity index is 1.15. The molecule has 4 aliphatic rings. The van der Waals surface area contributed by atoms with Gasteiger partial charge in [-0.2, -0.15) is 10.5 Å². The molecule has 0 spiro atoms. The third-order valence-electron chi connectivity index (χ3n) is 18.2. The lowest BCUT2D eigenvalue weighted by atomic mass is 9.72. The van der Waals surface area contributed by atoms with Gasteiger partial charge in [-0.1, -0.05) is 201 Å². The van der Waals surface area contributed by atoms with Crippen LogP contribution in [0.2, 0.25) is 0 Å². The lowest BCUT2D eigenvalue weighted by Gasteiger charge is -2.45. The summed E-state index contributed by atoms with van der Waals surface area (Å²) in [5, 5.41) is 24.5. The second-order valence-electron chi connectivity index (χ2n) is 24.0. The fourth-order valence-electron chi connectivity index (χ4n) is 14.3. The summed E-state index contributed by atoms with van der Waals surface area (Å²) in [5.41, 5.74) is 21.8. The van der Waals surface area contributed by atoms with Crippen molar-refractivity contribution in [2.75, 3.05) is 19.6 Å². The Morgan fingerprint density at radius 3 is 0.637 bits per heavy atom. The molecule has 0 saturated heterocycles. The van der Waals surface area contributed by atoms with Crippen LogP contribution in [0.15, 0.2) is 218 Å².